The summed E-state index contributed by atoms with van der Waals surface area (Å²) in [4.78, 5) is 13.8. The zero-order valence-electron chi connectivity index (χ0n) is 26.9. The van der Waals surface area contributed by atoms with Crippen molar-refractivity contribution in [2.75, 3.05) is 6.61 Å². The van der Waals surface area contributed by atoms with Gasteiger partial charge in [-0.15, -0.1) is 0 Å². The van der Waals surface area contributed by atoms with Crippen molar-refractivity contribution in [3.63, 3.8) is 0 Å². The molecule has 238 valence electrons. The summed E-state index contributed by atoms with van der Waals surface area (Å²) in [5.74, 6) is 1.94. The van der Waals surface area contributed by atoms with Gasteiger partial charge in [0.25, 0.3) is 0 Å². The van der Waals surface area contributed by atoms with Crippen LogP contribution in [0.1, 0.15) is 106 Å². The van der Waals surface area contributed by atoms with E-state index in [4.69, 9.17) is 9.47 Å². The Kier molecular flexibility index (Phi) is 7.48. The number of hydrogen-bond acceptors (Lipinski definition) is 7. The minimum Gasteiger partial charge on any atom is -0.394 e. The van der Waals surface area contributed by atoms with Crippen LogP contribution in [-0.2, 0) is 14.3 Å². The largest absolute Gasteiger partial charge is 0.394 e. The zero-order chi connectivity index (χ0) is 30.6. The second kappa shape index (κ2) is 10.1. The van der Waals surface area contributed by atoms with Gasteiger partial charge in [-0.1, -0.05) is 60.1 Å². The Morgan fingerprint density at radius 3 is 2.29 bits per heavy atom. The lowest BCUT2D eigenvalue weighted by atomic mass is 9.34. The molecule has 1 saturated heterocycles. The van der Waals surface area contributed by atoms with E-state index in [-0.39, 0.29) is 39.1 Å². The van der Waals surface area contributed by atoms with E-state index in [2.05, 4.69) is 54.5 Å². The predicted molar refractivity (Wildman–Crippen MR) is 159 cm³/mol. The van der Waals surface area contributed by atoms with Crippen LogP contribution in [0, 0.1) is 50.7 Å². The van der Waals surface area contributed by atoms with Crippen LogP contribution in [0.2, 0.25) is 0 Å². The number of ether oxygens (including phenoxy) is 2. The Hall–Kier alpha value is -0.830. The molecule has 0 amide bonds. The minimum absolute atomic E-state index is 0.0472. The molecule has 0 aromatic heterocycles. The van der Waals surface area contributed by atoms with E-state index in [0.29, 0.717) is 30.0 Å². The van der Waals surface area contributed by atoms with E-state index in [1.807, 2.05) is 0 Å². The van der Waals surface area contributed by atoms with Crippen LogP contribution in [0.3, 0.4) is 0 Å². The fraction of sp³-hybridized carbons (Fsp3) is 0.914. The number of Topliss-reactive ketones (excluding diaryl/α,β-unsaturated/α-hetero) is 1. The average molecular weight is 589 g/mol. The molecule has 0 spiro atoms. The molecule has 7 heteroatoms. The number of aliphatic hydroxyl groups excluding tert-OH is 4. The summed E-state index contributed by atoms with van der Waals surface area (Å²) in [7, 11) is 0. The van der Waals surface area contributed by atoms with Gasteiger partial charge in [0.05, 0.1) is 12.7 Å². The predicted octanol–water partition coefficient (Wildman–Crippen LogP) is 4.78. The maximum atomic E-state index is 13.8. The van der Waals surface area contributed by atoms with Gasteiger partial charge in [-0.05, 0) is 90.8 Å². The third-order valence-corrected chi connectivity index (χ3v) is 14.3. The van der Waals surface area contributed by atoms with Crippen LogP contribution < -0.4 is 0 Å². The molecule has 42 heavy (non-hydrogen) atoms. The van der Waals surface area contributed by atoms with Crippen molar-refractivity contribution in [3.8, 4) is 0 Å². The Morgan fingerprint density at radius 1 is 0.881 bits per heavy atom. The number of ketones is 1. The van der Waals surface area contributed by atoms with Crippen molar-refractivity contribution in [3.05, 3.63) is 11.6 Å². The number of carbonyl (C=O) groups excluding carboxylic acids is 1. The number of allylic oxidation sites excluding steroid dienone is 2. The first-order valence-electron chi connectivity index (χ1n) is 16.7. The first-order chi connectivity index (χ1) is 19.5. The first-order valence-corrected chi connectivity index (χ1v) is 16.7. The summed E-state index contributed by atoms with van der Waals surface area (Å²) in [5, 5.41) is 40.9. The maximum absolute atomic E-state index is 13.8. The van der Waals surface area contributed by atoms with Crippen molar-refractivity contribution in [2.24, 2.45) is 50.7 Å². The van der Waals surface area contributed by atoms with Gasteiger partial charge in [-0.25, -0.2) is 0 Å². The van der Waals surface area contributed by atoms with E-state index >= 15 is 0 Å². The maximum Gasteiger partial charge on any atom is 0.186 e. The van der Waals surface area contributed by atoms with E-state index < -0.39 is 37.3 Å². The van der Waals surface area contributed by atoms with Gasteiger partial charge < -0.3 is 29.9 Å². The Morgan fingerprint density at radius 2 is 1.60 bits per heavy atom. The monoisotopic (exact) mass is 588 g/mol. The van der Waals surface area contributed by atoms with Gasteiger partial charge in [0.2, 0.25) is 0 Å². The lowest BCUT2D eigenvalue weighted by molar-refractivity contribution is -0.330. The zero-order valence-corrected chi connectivity index (χ0v) is 26.9. The number of carbonyl (C=O) groups is 1. The molecule has 5 fully saturated rings. The van der Waals surface area contributed by atoms with Crippen LogP contribution in [0.5, 0.6) is 0 Å². The molecule has 5 aliphatic carbocycles. The van der Waals surface area contributed by atoms with Crippen molar-refractivity contribution < 1.29 is 34.7 Å². The number of hydrogen-bond donors (Lipinski definition) is 4. The summed E-state index contributed by atoms with van der Waals surface area (Å²) >= 11 is 0. The number of aliphatic hydroxyl groups is 4. The highest BCUT2D eigenvalue weighted by Crippen LogP contribution is 2.74. The van der Waals surface area contributed by atoms with Gasteiger partial charge in [0.1, 0.15) is 30.2 Å². The molecule has 0 aromatic rings. The lowest BCUT2D eigenvalue weighted by Crippen LogP contribution is -2.65. The summed E-state index contributed by atoms with van der Waals surface area (Å²) in [6, 6.07) is 0. The molecule has 13 atom stereocenters. The molecule has 6 rings (SSSR count). The van der Waals surface area contributed by atoms with E-state index in [1.165, 1.54) is 0 Å². The quantitative estimate of drug-likeness (QED) is 0.277. The second-order valence-corrected chi connectivity index (χ2v) is 17.2. The van der Waals surface area contributed by atoms with Gasteiger partial charge in [-0.2, -0.15) is 0 Å². The molecule has 0 bridgehead atoms. The summed E-state index contributed by atoms with van der Waals surface area (Å²) < 4.78 is 12.2. The molecule has 4 N–H and O–H groups in total. The fourth-order valence-electron chi connectivity index (χ4n) is 11.7. The highest BCUT2D eigenvalue weighted by Gasteiger charge is 2.68. The summed E-state index contributed by atoms with van der Waals surface area (Å²) in [6.45, 7) is 16.3. The molecule has 0 aromatic carbocycles. The second-order valence-electron chi connectivity index (χ2n) is 17.2. The highest BCUT2D eigenvalue weighted by atomic mass is 16.7. The van der Waals surface area contributed by atoms with E-state index in [0.717, 1.165) is 51.4 Å². The van der Waals surface area contributed by atoms with Crippen molar-refractivity contribution in [2.45, 2.75) is 143 Å². The molecule has 4 saturated carbocycles. The molecule has 1 unspecified atom stereocenters. The standard InChI is InChI=1S/C35H56O7/c1-31(2)13-10-19-20(16-31)21-8-9-25-33(5)14-12-26(42-30-29(40)28(39)27(38)23(18-36)41-30)32(3,4)24(33)11-15-34(25,6)35(21,7)17-22(19)37/h8,19-20,23-30,36,38-40H,9-18H2,1-7H3/t19-,20+,23+,24-,25+,26?,27+,28-,29+,30-,33-,34+,35+/m0/s1. The van der Waals surface area contributed by atoms with Crippen LogP contribution in [0.25, 0.3) is 0 Å². The average Bonchev–Trinajstić information content (AvgIpc) is 2.90. The molecule has 1 aliphatic heterocycles. The van der Waals surface area contributed by atoms with Crippen LogP contribution in [0.4, 0.5) is 0 Å². The first kappa shape index (κ1) is 31.2. The van der Waals surface area contributed by atoms with Crippen molar-refractivity contribution >= 4 is 5.78 Å². The number of fused-ring (bicyclic) bond motifs is 7. The topological polar surface area (TPSA) is 116 Å². The Bertz CT molecular complexity index is 1110. The van der Waals surface area contributed by atoms with Crippen LogP contribution >= 0.6 is 0 Å². The highest BCUT2D eigenvalue weighted by molar-refractivity contribution is 5.85. The normalized spacial score (nSPS) is 53.2. The van der Waals surface area contributed by atoms with Gasteiger partial charge in [0, 0.05) is 17.8 Å². The van der Waals surface area contributed by atoms with Gasteiger partial charge in [-0.3, -0.25) is 4.79 Å². The number of rotatable bonds is 3. The molecule has 0 radical (unpaired) electrons. The van der Waals surface area contributed by atoms with Gasteiger partial charge in [0.15, 0.2) is 6.29 Å². The van der Waals surface area contributed by atoms with Gasteiger partial charge >= 0.3 is 0 Å². The Labute approximate surface area is 252 Å². The summed E-state index contributed by atoms with van der Waals surface area (Å²) in [5.41, 5.74) is 1.67. The molecule has 6 aliphatic rings. The molecular weight excluding hydrogens is 532 g/mol. The van der Waals surface area contributed by atoms with Crippen LogP contribution in [-0.4, -0.2) is 69.6 Å². The lowest BCUT2D eigenvalue weighted by Gasteiger charge is -2.70. The molecule has 7 nitrogen and oxygen atoms in total. The minimum atomic E-state index is -1.44. The fourth-order valence-corrected chi connectivity index (χ4v) is 11.7. The summed E-state index contributed by atoms with van der Waals surface area (Å²) in [6.07, 6.45) is 5.06. The van der Waals surface area contributed by atoms with Crippen LogP contribution in [0.15, 0.2) is 11.6 Å². The molecule has 1 heterocycles. The molecular formula is C35H56O7. The Balaban J connectivity index is 1.28. The third kappa shape index (κ3) is 4.30. The van der Waals surface area contributed by atoms with E-state index in [9.17, 15) is 25.2 Å². The van der Waals surface area contributed by atoms with Crippen molar-refractivity contribution in [1.29, 1.82) is 0 Å². The van der Waals surface area contributed by atoms with E-state index in [1.54, 1.807) is 5.57 Å². The smallest absolute Gasteiger partial charge is 0.186 e. The third-order valence-electron chi connectivity index (χ3n) is 14.3. The van der Waals surface area contributed by atoms with Crippen molar-refractivity contribution in [1.82, 2.24) is 0 Å². The SMILES string of the molecule is CC1(C)CC[C@@H]2C(=O)C[C@]3(C)C(=CC[C@@H]4[C@@]5(C)CCC(O[C@@H]6O[C@H](CO)[C@@H](O)[C@H](O)[C@H]6O)C(C)(C)[C@@H]5CC[C@]43C)[C@@H]2C1.